The maximum absolute atomic E-state index is 12.4. The molecule has 0 saturated carbocycles. The van der Waals surface area contributed by atoms with Crippen LogP contribution in [0.4, 0.5) is 5.82 Å². The predicted octanol–water partition coefficient (Wildman–Crippen LogP) is 0.904. The van der Waals surface area contributed by atoms with Crippen molar-refractivity contribution < 1.29 is 9.90 Å². The Kier molecular flexibility index (Phi) is 5.23. The second kappa shape index (κ2) is 7.57. The van der Waals surface area contributed by atoms with Gasteiger partial charge in [-0.2, -0.15) is 0 Å². The molecule has 1 fully saturated rings. The van der Waals surface area contributed by atoms with Crippen LogP contribution < -0.4 is 4.90 Å². The number of aliphatic hydroxyl groups is 1. The second-order valence-electron chi connectivity index (χ2n) is 6.57. The summed E-state index contributed by atoms with van der Waals surface area (Å²) in [6.07, 6.45) is 10.1. The number of aryl methyl sites for hydroxylation is 1. The van der Waals surface area contributed by atoms with Gasteiger partial charge in [0.25, 0.3) is 0 Å². The van der Waals surface area contributed by atoms with Gasteiger partial charge in [0, 0.05) is 51.3 Å². The number of amides is 1. The van der Waals surface area contributed by atoms with Crippen LogP contribution in [-0.2, 0) is 11.2 Å². The number of carbonyl (C=O) groups excluding carboxylic acids is 1. The molecule has 1 amide bonds. The summed E-state index contributed by atoms with van der Waals surface area (Å²) in [4.78, 5) is 28.4. The third kappa shape index (κ3) is 4.51. The summed E-state index contributed by atoms with van der Waals surface area (Å²) in [5, 5.41) is 10.8. The highest BCUT2D eigenvalue weighted by atomic mass is 16.3. The minimum Gasteiger partial charge on any atom is -0.386 e. The number of likely N-dealkylation sites (N-methyl/N-ethyl adjacent to an activating group) is 1. The molecule has 1 aliphatic rings. The number of anilines is 1. The van der Waals surface area contributed by atoms with Crippen molar-refractivity contribution in [3.05, 3.63) is 48.7 Å². The van der Waals surface area contributed by atoms with E-state index in [2.05, 4.69) is 15.0 Å². The number of hydrogen-bond acceptors (Lipinski definition) is 6. The minimum atomic E-state index is -0.920. The molecule has 0 aliphatic carbocycles. The van der Waals surface area contributed by atoms with Gasteiger partial charge >= 0.3 is 0 Å². The largest absolute Gasteiger partial charge is 0.386 e. The van der Waals surface area contributed by atoms with Gasteiger partial charge in [0.15, 0.2) is 0 Å². The Hall–Kier alpha value is -2.54. The maximum atomic E-state index is 12.4. The summed E-state index contributed by atoms with van der Waals surface area (Å²) in [5.74, 6) is 0.777. The minimum absolute atomic E-state index is 0.0234. The summed E-state index contributed by atoms with van der Waals surface area (Å²) >= 11 is 0. The van der Waals surface area contributed by atoms with Crippen molar-refractivity contribution in [2.24, 2.45) is 0 Å². The molecule has 3 rings (SSSR count). The molecule has 132 valence electrons. The molecule has 1 aliphatic heterocycles. The van der Waals surface area contributed by atoms with Crippen molar-refractivity contribution in [3.63, 3.8) is 0 Å². The first-order valence-corrected chi connectivity index (χ1v) is 8.42. The normalized spacial score (nSPS) is 19.8. The fraction of sp³-hybridized carbons (Fsp3) is 0.444. The molecule has 3 heterocycles. The molecule has 1 saturated heterocycles. The van der Waals surface area contributed by atoms with E-state index >= 15 is 0 Å². The fourth-order valence-electron chi connectivity index (χ4n) is 3.15. The van der Waals surface area contributed by atoms with E-state index in [1.54, 1.807) is 42.9 Å². The van der Waals surface area contributed by atoms with Crippen LogP contribution in [0.2, 0.25) is 0 Å². The summed E-state index contributed by atoms with van der Waals surface area (Å²) in [6.45, 7) is 1.47. The summed E-state index contributed by atoms with van der Waals surface area (Å²) in [7, 11) is 1.74. The van der Waals surface area contributed by atoms with Crippen molar-refractivity contribution in [2.45, 2.75) is 24.9 Å². The Bertz CT molecular complexity index is 697. The van der Waals surface area contributed by atoms with E-state index in [9.17, 15) is 9.90 Å². The third-order valence-corrected chi connectivity index (χ3v) is 4.51. The lowest BCUT2D eigenvalue weighted by Crippen LogP contribution is -2.46. The van der Waals surface area contributed by atoms with Gasteiger partial charge in [-0.05, 0) is 24.5 Å². The number of nitrogens with zero attached hydrogens (tertiary/aromatic N) is 5. The lowest BCUT2D eigenvalue weighted by atomic mass is 10.0. The van der Waals surface area contributed by atoms with Crippen molar-refractivity contribution in [1.82, 2.24) is 19.9 Å². The third-order valence-electron chi connectivity index (χ3n) is 4.51. The lowest BCUT2D eigenvalue weighted by molar-refractivity contribution is -0.132. The van der Waals surface area contributed by atoms with Gasteiger partial charge < -0.3 is 14.9 Å². The number of hydrogen-bond donors (Lipinski definition) is 1. The first-order valence-electron chi connectivity index (χ1n) is 8.42. The van der Waals surface area contributed by atoms with Gasteiger partial charge in [-0.25, -0.2) is 4.98 Å². The average molecular weight is 341 g/mol. The zero-order valence-electron chi connectivity index (χ0n) is 14.4. The molecule has 1 atom stereocenters. The van der Waals surface area contributed by atoms with E-state index in [0.29, 0.717) is 38.9 Å². The molecule has 0 spiro atoms. The number of aromatic nitrogens is 3. The Balaban J connectivity index is 1.51. The van der Waals surface area contributed by atoms with Crippen LogP contribution in [0.3, 0.4) is 0 Å². The Morgan fingerprint density at radius 3 is 2.88 bits per heavy atom. The van der Waals surface area contributed by atoms with E-state index in [4.69, 9.17) is 0 Å². The summed E-state index contributed by atoms with van der Waals surface area (Å²) in [6, 6.07) is 3.83. The van der Waals surface area contributed by atoms with Crippen LogP contribution in [0.1, 0.15) is 18.4 Å². The molecular formula is C18H23N5O2. The van der Waals surface area contributed by atoms with Crippen LogP contribution >= 0.6 is 0 Å². The molecule has 0 unspecified atom stereocenters. The maximum Gasteiger partial charge on any atom is 0.222 e. The van der Waals surface area contributed by atoms with Crippen LogP contribution in [0.15, 0.2) is 43.1 Å². The number of pyridine rings is 1. The fourth-order valence-corrected chi connectivity index (χ4v) is 3.15. The predicted molar refractivity (Wildman–Crippen MR) is 94.0 cm³/mol. The SMILES string of the molecule is CN(C[C@@]1(O)CCN(c2cnccn2)C1)C(=O)CCc1cccnc1. The van der Waals surface area contributed by atoms with Gasteiger partial charge in [0.05, 0.1) is 12.7 Å². The van der Waals surface area contributed by atoms with Gasteiger partial charge in [-0.15, -0.1) is 0 Å². The Morgan fingerprint density at radius 2 is 2.16 bits per heavy atom. The highest BCUT2D eigenvalue weighted by Crippen LogP contribution is 2.25. The molecular weight excluding hydrogens is 318 g/mol. The standard InChI is InChI=1S/C18H23N5O2/c1-22(17(24)5-4-15-3-2-7-19-11-15)13-18(25)6-10-23(14-18)16-12-20-8-9-21-16/h2-3,7-9,11-12,25H,4-6,10,13-14H2,1H3/t18-/m0/s1. The van der Waals surface area contributed by atoms with E-state index in [0.717, 1.165) is 11.4 Å². The molecule has 0 aromatic carbocycles. The first kappa shape index (κ1) is 17.3. The molecule has 2 aromatic rings. The van der Waals surface area contributed by atoms with E-state index in [1.807, 2.05) is 17.0 Å². The zero-order chi connectivity index (χ0) is 17.7. The van der Waals surface area contributed by atoms with Crippen LogP contribution in [0.5, 0.6) is 0 Å². The summed E-state index contributed by atoms with van der Waals surface area (Å²) < 4.78 is 0. The van der Waals surface area contributed by atoms with Crippen LogP contribution in [-0.4, -0.2) is 63.1 Å². The molecule has 2 aromatic heterocycles. The van der Waals surface area contributed by atoms with Crippen molar-refractivity contribution in [2.75, 3.05) is 31.6 Å². The number of carbonyl (C=O) groups is 1. The van der Waals surface area contributed by atoms with Crippen LogP contribution in [0, 0.1) is 0 Å². The monoisotopic (exact) mass is 341 g/mol. The van der Waals surface area contributed by atoms with Crippen molar-refractivity contribution in [1.29, 1.82) is 0 Å². The van der Waals surface area contributed by atoms with Gasteiger partial charge in [-0.1, -0.05) is 6.07 Å². The lowest BCUT2D eigenvalue weighted by Gasteiger charge is -2.29. The van der Waals surface area contributed by atoms with Gasteiger partial charge in [0.1, 0.15) is 11.4 Å². The second-order valence-corrected chi connectivity index (χ2v) is 6.57. The van der Waals surface area contributed by atoms with Gasteiger partial charge in [-0.3, -0.25) is 14.8 Å². The highest BCUT2D eigenvalue weighted by molar-refractivity contribution is 5.76. The van der Waals surface area contributed by atoms with E-state index in [-0.39, 0.29) is 5.91 Å². The molecule has 0 bridgehead atoms. The van der Waals surface area contributed by atoms with Gasteiger partial charge in [0.2, 0.25) is 5.91 Å². The molecule has 1 N–H and O–H groups in total. The zero-order valence-corrected chi connectivity index (χ0v) is 14.4. The Morgan fingerprint density at radius 1 is 1.32 bits per heavy atom. The molecule has 7 nitrogen and oxygen atoms in total. The number of rotatable bonds is 6. The smallest absolute Gasteiger partial charge is 0.222 e. The van der Waals surface area contributed by atoms with E-state index < -0.39 is 5.60 Å². The first-order chi connectivity index (χ1) is 12.1. The van der Waals surface area contributed by atoms with E-state index in [1.165, 1.54) is 0 Å². The molecule has 7 heteroatoms. The Labute approximate surface area is 147 Å². The topological polar surface area (TPSA) is 82.5 Å². The highest BCUT2D eigenvalue weighted by Gasteiger charge is 2.38. The van der Waals surface area contributed by atoms with Crippen molar-refractivity contribution in [3.8, 4) is 0 Å². The van der Waals surface area contributed by atoms with Crippen molar-refractivity contribution >= 4 is 11.7 Å². The average Bonchev–Trinajstić information content (AvgIpc) is 3.03. The quantitative estimate of drug-likeness (QED) is 0.841. The number of β-amino-alcohol motifs (C(OH)–C–C–N with tert-alkyl or cyclic N) is 1. The van der Waals surface area contributed by atoms with Crippen LogP contribution in [0.25, 0.3) is 0 Å². The molecule has 0 radical (unpaired) electrons. The summed E-state index contributed by atoms with van der Waals surface area (Å²) in [5.41, 5.74) is 0.119. The molecule has 25 heavy (non-hydrogen) atoms.